The monoisotopic (exact) mass is 407 g/mol. The first-order valence-electron chi connectivity index (χ1n) is 7.43. The van der Waals surface area contributed by atoms with Crippen molar-refractivity contribution in [3.05, 3.63) is 68.1 Å². The summed E-state index contributed by atoms with van der Waals surface area (Å²) in [6.07, 6.45) is 4.74. The second-order valence-electron chi connectivity index (χ2n) is 5.80. The van der Waals surface area contributed by atoms with Crippen LogP contribution in [0.15, 0.2) is 51.4 Å². The lowest BCUT2D eigenvalue weighted by Crippen LogP contribution is -2.18. The van der Waals surface area contributed by atoms with Gasteiger partial charge in [-0.25, -0.2) is 0 Å². The Labute approximate surface area is 143 Å². The summed E-state index contributed by atoms with van der Waals surface area (Å²) >= 11 is 7.17. The molecule has 0 saturated carbocycles. The maximum absolute atomic E-state index is 6.50. The smallest absolute Gasteiger partial charge is 0.0312 e. The van der Waals surface area contributed by atoms with Gasteiger partial charge < -0.3 is 5.73 Å². The van der Waals surface area contributed by atoms with Crippen LogP contribution >= 0.6 is 31.9 Å². The number of benzene rings is 2. The third-order valence-electron chi connectivity index (χ3n) is 4.39. The predicted molar refractivity (Wildman–Crippen MR) is 95.5 cm³/mol. The molecule has 0 fully saturated rings. The average Bonchev–Trinajstić information content (AvgIpc) is 2.50. The van der Waals surface area contributed by atoms with E-state index >= 15 is 0 Å². The zero-order valence-electron chi connectivity index (χ0n) is 11.9. The molecule has 0 radical (unpaired) electrons. The minimum absolute atomic E-state index is 0.0630. The lowest BCUT2D eigenvalue weighted by molar-refractivity contribution is 0.475. The Morgan fingerprint density at radius 3 is 2.81 bits per heavy atom. The molecule has 2 aromatic rings. The van der Waals surface area contributed by atoms with Gasteiger partial charge in [0.15, 0.2) is 0 Å². The summed E-state index contributed by atoms with van der Waals surface area (Å²) in [5, 5.41) is 0. The van der Waals surface area contributed by atoms with E-state index in [1.807, 2.05) is 6.07 Å². The summed E-state index contributed by atoms with van der Waals surface area (Å²) in [5.74, 6) is 0.579. The molecule has 0 aromatic heterocycles. The standard InChI is InChI=1S/C18H19Br2N/c19-14-8-9-17(20)16(11-14)18(21)10-13-6-3-5-12-4-1-2-7-15(12)13/h1-2,4,7-9,11,13,18H,3,5-6,10,21H2. The first-order chi connectivity index (χ1) is 10.1. The van der Waals surface area contributed by atoms with Gasteiger partial charge in [-0.1, -0.05) is 56.1 Å². The van der Waals surface area contributed by atoms with Gasteiger partial charge in [-0.05, 0) is 66.5 Å². The Balaban J connectivity index is 1.82. The fraction of sp³-hybridized carbons (Fsp3) is 0.333. The quantitative estimate of drug-likeness (QED) is 0.690. The van der Waals surface area contributed by atoms with Crippen LogP contribution in [0, 0.1) is 0 Å². The van der Waals surface area contributed by atoms with E-state index in [0.29, 0.717) is 5.92 Å². The maximum atomic E-state index is 6.50. The zero-order valence-corrected chi connectivity index (χ0v) is 15.0. The Morgan fingerprint density at radius 1 is 1.14 bits per heavy atom. The van der Waals surface area contributed by atoms with Gasteiger partial charge >= 0.3 is 0 Å². The topological polar surface area (TPSA) is 26.0 Å². The van der Waals surface area contributed by atoms with Crippen LogP contribution in [0.2, 0.25) is 0 Å². The molecule has 110 valence electrons. The van der Waals surface area contributed by atoms with E-state index in [2.05, 4.69) is 68.3 Å². The van der Waals surface area contributed by atoms with E-state index in [0.717, 1.165) is 15.4 Å². The lowest BCUT2D eigenvalue weighted by atomic mass is 9.79. The van der Waals surface area contributed by atoms with Crippen molar-refractivity contribution in [2.75, 3.05) is 0 Å². The van der Waals surface area contributed by atoms with Crippen molar-refractivity contribution in [2.45, 2.75) is 37.6 Å². The molecule has 3 heteroatoms. The fourth-order valence-electron chi connectivity index (χ4n) is 3.33. The molecule has 0 aliphatic heterocycles. The van der Waals surface area contributed by atoms with Gasteiger partial charge in [0.1, 0.15) is 0 Å². The minimum atomic E-state index is 0.0630. The molecule has 0 heterocycles. The van der Waals surface area contributed by atoms with Gasteiger partial charge in [-0.15, -0.1) is 0 Å². The summed E-state index contributed by atoms with van der Waals surface area (Å²) in [4.78, 5) is 0. The molecule has 21 heavy (non-hydrogen) atoms. The molecule has 2 atom stereocenters. The van der Waals surface area contributed by atoms with Crippen molar-refractivity contribution in [3.63, 3.8) is 0 Å². The van der Waals surface area contributed by atoms with Crippen LogP contribution in [0.1, 0.15) is 47.9 Å². The van der Waals surface area contributed by atoms with E-state index < -0.39 is 0 Å². The van der Waals surface area contributed by atoms with Crippen molar-refractivity contribution < 1.29 is 0 Å². The highest BCUT2D eigenvalue weighted by atomic mass is 79.9. The molecule has 0 saturated heterocycles. The lowest BCUT2D eigenvalue weighted by Gasteiger charge is -2.28. The van der Waals surface area contributed by atoms with Crippen molar-refractivity contribution in [1.29, 1.82) is 0 Å². The van der Waals surface area contributed by atoms with Crippen LogP contribution in [0.3, 0.4) is 0 Å². The summed E-state index contributed by atoms with van der Waals surface area (Å²) < 4.78 is 2.18. The van der Waals surface area contributed by atoms with Crippen molar-refractivity contribution >= 4 is 31.9 Å². The van der Waals surface area contributed by atoms with Crippen LogP contribution in [-0.2, 0) is 6.42 Å². The molecular weight excluding hydrogens is 390 g/mol. The van der Waals surface area contributed by atoms with E-state index in [1.165, 1.54) is 36.0 Å². The van der Waals surface area contributed by atoms with Crippen LogP contribution in [0.25, 0.3) is 0 Å². The van der Waals surface area contributed by atoms with Crippen LogP contribution < -0.4 is 5.73 Å². The highest BCUT2D eigenvalue weighted by molar-refractivity contribution is 9.11. The van der Waals surface area contributed by atoms with Gasteiger partial charge in [0.25, 0.3) is 0 Å². The van der Waals surface area contributed by atoms with Crippen LogP contribution in [-0.4, -0.2) is 0 Å². The largest absolute Gasteiger partial charge is 0.324 e. The Morgan fingerprint density at radius 2 is 1.95 bits per heavy atom. The van der Waals surface area contributed by atoms with Crippen LogP contribution in [0.4, 0.5) is 0 Å². The Hall–Kier alpha value is -0.640. The molecule has 2 aromatic carbocycles. The molecular formula is C18H19Br2N. The molecule has 2 N–H and O–H groups in total. The normalized spacial score (nSPS) is 19.1. The van der Waals surface area contributed by atoms with E-state index in [9.17, 15) is 0 Å². The predicted octanol–water partition coefficient (Wildman–Crippen LogP) is 5.72. The number of hydrogen-bond acceptors (Lipinski definition) is 1. The number of nitrogens with two attached hydrogens (primary N) is 1. The fourth-order valence-corrected chi connectivity index (χ4v) is 4.25. The third-order valence-corrected chi connectivity index (χ3v) is 5.61. The number of hydrogen-bond donors (Lipinski definition) is 1. The van der Waals surface area contributed by atoms with Crippen molar-refractivity contribution in [3.8, 4) is 0 Å². The first-order valence-corrected chi connectivity index (χ1v) is 9.02. The summed E-state index contributed by atoms with van der Waals surface area (Å²) in [6.45, 7) is 0. The number of halogens is 2. The molecule has 1 aliphatic rings. The molecule has 2 unspecified atom stereocenters. The highest BCUT2D eigenvalue weighted by Gasteiger charge is 2.23. The van der Waals surface area contributed by atoms with Crippen molar-refractivity contribution in [1.82, 2.24) is 0 Å². The van der Waals surface area contributed by atoms with E-state index in [4.69, 9.17) is 5.73 Å². The Kier molecular flexibility index (Phi) is 4.82. The molecule has 0 spiro atoms. The number of fused-ring (bicyclic) bond motifs is 1. The SMILES string of the molecule is NC(CC1CCCc2ccccc21)c1cc(Br)ccc1Br. The highest BCUT2D eigenvalue weighted by Crippen LogP contribution is 2.38. The van der Waals surface area contributed by atoms with Gasteiger partial charge in [0.2, 0.25) is 0 Å². The Bertz CT molecular complexity index is 639. The number of aryl methyl sites for hydroxylation is 1. The molecule has 3 rings (SSSR count). The van der Waals surface area contributed by atoms with Crippen molar-refractivity contribution in [2.24, 2.45) is 5.73 Å². The summed E-state index contributed by atoms with van der Waals surface area (Å²) in [6, 6.07) is 15.1. The first kappa shape index (κ1) is 15.3. The third kappa shape index (κ3) is 3.41. The maximum Gasteiger partial charge on any atom is 0.0312 e. The second kappa shape index (κ2) is 6.64. The zero-order chi connectivity index (χ0) is 14.8. The summed E-state index contributed by atoms with van der Waals surface area (Å²) in [7, 11) is 0. The van der Waals surface area contributed by atoms with E-state index in [1.54, 1.807) is 0 Å². The molecule has 0 amide bonds. The molecule has 1 nitrogen and oxygen atoms in total. The van der Waals surface area contributed by atoms with Crippen LogP contribution in [0.5, 0.6) is 0 Å². The van der Waals surface area contributed by atoms with E-state index in [-0.39, 0.29) is 6.04 Å². The van der Waals surface area contributed by atoms with Gasteiger partial charge in [-0.2, -0.15) is 0 Å². The molecule has 0 bridgehead atoms. The minimum Gasteiger partial charge on any atom is -0.324 e. The summed E-state index contributed by atoms with van der Waals surface area (Å²) in [5.41, 5.74) is 10.7. The average molecular weight is 409 g/mol. The second-order valence-corrected chi connectivity index (χ2v) is 7.57. The van der Waals surface area contributed by atoms with Gasteiger partial charge in [0.05, 0.1) is 0 Å². The van der Waals surface area contributed by atoms with Gasteiger partial charge in [0, 0.05) is 15.0 Å². The molecule has 1 aliphatic carbocycles. The number of rotatable bonds is 3. The van der Waals surface area contributed by atoms with Gasteiger partial charge in [-0.3, -0.25) is 0 Å².